The van der Waals surface area contributed by atoms with Crippen molar-refractivity contribution in [3.05, 3.63) is 0 Å². The van der Waals surface area contributed by atoms with Gasteiger partial charge < -0.3 is 15.3 Å². The molecule has 3 heteroatoms. The second-order valence-corrected chi connectivity index (χ2v) is 4.32. The van der Waals surface area contributed by atoms with E-state index < -0.39 is 6.10 Å². The summed E-state index contributed by atoms with van der Waals surface area (Å²) in [6, 6.07) is 0. The van der Waals surface area contributed by atoms with Crippen LogP contribution in [0.25, 0.3) is 0 Å². The van der Waals surface area contributed by atoms with Gasteiger partial charge in [-0.1, -0.05) is 32.1 Å². The average Bonchev–Trinajstić information content (AvgIpc) is 2.26. The van der Waals surface area contributed by atoms with Crippen LogP contribution in [0, 0.1) is 11.8 Å². The highest BCUT2D eigenvalue weighted by atomic mass is 16.3. The second-order valence-electron chi connectivity index (χ2n) is 4.32. The van der Waals surface area contributed by atoms with Crippen molar-refractivity contribution in [3.63, 3.8) is 0 Å². The lowest BCUT2D eigenvalue weighted by molar-refractivity contribution is 0.00370. The Hall–Kier alpha value is -0.120. The maximum absolute atomic E-state index is 9.64. The predicted molar refractivity (Wildman–Crippen MR) is 54.9 cm³/mol. The normalized spacial score (nSPS) is 23.4. The molecule has 0 aromatic rings. The summed E-state index contributed by atoms with van der Waals surface area (Å²) < 4.78 is 0. The largest absolute Gasteiger partial charge is 0.396 e. The molecule has 0 bridgehead atoms. The minimum absolute atomic E-state index is 0.0882. The van der Waals surface area contributed by atoms with Gasteiger partial charge >= 0.3 is 0 Å². The molecule has 1 rings (SSSR count). The van der Waals surface area contributed by atoms with Crippen LogP contribution in [0.3, 0.4) is 0 Å². The van der Waals surface area contributed by atoms with Gasteiger partial charge in [-0.05, 0) is 18.3 Å². The molecule has 1 aliphatic carbocycles. The Morgan fingerprint density at radius 1 is 1.07 bits per heavy atom. The molecule has 3 N–H and O–H groups in total. The van der Waals surface area contributed by atoms with E-state index in [9.17, 15) is 5.11 Å². The van der Waals surface area contributed by atoms with Crippen LogP contribution < -0.4 is 0 Å². The first-order chi connectivity index (χ1) is 6.79. The number of rotatable bonds is 5. The van der Waals surface area contributed by atoms with Crippen molar-refractivity contribution in [2.45, 2.75) is 44.6 Å². The van der Waals surface area contributed by atoms with Crippen molar-refractivity contribution in [3.8, 4) is 0 Å². The molecule has 1 aliphatic rings. The topological polar surface area (TPSA) is 60.7 Å². The highest BCUT2D eigenvalue weighted by Gasteiger charge is 2.28. The van der Waals surface area contributed by atoms with E-state index in [0.29, 0.717) is 12.3 Å². The summed E-state index contributed by atoms with van der Waals surface area (Å²) in [5, 5.41) is 27.5. The molecule has 0 spiro atoms. The molecule has 0 aliphatic heterocycles. The van der Waals surface area contributed by atoms with Gasteiger partial charge in [0, 0.05) is 6.61 Å². The molecule has 0 saturated heterocycles. The van der Waals surface area contributed by atoms with E-state index in [2.05, 4.69) is 0 Å². The Morgan fingerprint density at radius 3 is 2.21 bits per heavy atom. The van der Waals surface area contributed by atoms with Gasteiger partial charge in [-0.25, -0.2) is 0 Å². The van der Waals surface area contributed by atoms with Crippen molar-refractivity contribution in [1.29, 1.82) is 0 Å². The zero-order valence-corrected chi connectivity index (χ0v) is 8.73. The molecule has 2 atom stereocenters. The van der Waals surface area contributed by atoms with E-state index in [1.165, 1.54) is 19.3 Å². The van der Waals surface area contributed by atoms with E-state index in [1.54, 1.807) is 0 Å². The number of hydrogen-bond donors (Lipinski definition) is 3. The van der Waals surface area contributed by atoms with E-state index in [4.69, 9.17) is 10.2 Å². The summed E-state index contributed by atoms with van der Waals surface area (Å²) >= 11 is 0. The SMILES string of the molecule is OCCC(C(O)CO)C1CCCCC1. The van der Waals surface area contributed by atoms with Gasteiger partial charge in [-0.3, -0.25) is 0 Å². The number of hydrogen-bond acceptors (Lipinski definition) is 3. The van der Waals surface area contributed by atoms with Crippen LogP contribution in [-0.4, -0.2) is 34.6 Å². The Labute approximate surface area is 85.8 Å². The second kappa shape index (κ2) is 6.38. The smallest absolute Gasteiger partial charge is 0.0802 e. The van der Waals surface area contributed by atoms with Gasteiger partial charge in [-0.15, -0.1) is 0 Å². The monoisotopic (exact) mass is 202 g/mol. The van der Waals surface area contributed by atoms with E-state index in [-0.39, 0.29) is 19.1 Å². The van der Waals surface area contributed by atoms with Gasteiger partial charge in [0.05, 0.1) is 12.7 Å². The maximum atomic E-state index is 9.64. The average molecular weight is 202 g/mol. The highest BCUT2D eigenvalue weighted by molar-refractivity contribution is 4.78. The van der Waals surface area contributed by atoms with Crippen LogP contribution in [0.15, 0.2) is 0 Å². The molecule has 2 unspecified atom stereocenters. The first kappa shape index (κ1) is 12.0. The van der Waals surface area contributed by atoms with Crippen molar-refractivity contribution in [1.82, 2.24) is 0 Å². The molecular formula is C11H22O3. The van der Waals surface area contributed by atoms with Crippen LogP contribution >= 0.6 is 0 Å². The molecule has 0 heterocycles. The summed E-state index contributed by atoms with van der Waals surface area (Å²) in [6.07, 6.45) is 5.99. The van der Waals surface area contributed by atoms with Crippen LogP contribution in [0.4, 0.5) is 0 Å². The quantitative estimate of drug-likeness (QED) is 0.621. The Morgan fingerprint density at radius 2 is 1.71 bits per heavy atom. The summed E-state index contributed by atoms with van der Waals surface area (Å²) in [5.41, 5.74) is 0. The first-order valence-corrected chi connectivity index (χ1v) is 5.69. The molecule has 14 heavy (non-hydrogen) atoms. The Balaban J connectivity index is 2.46. The van der Waals surface area contributed by atoms with Crippen LogP contribution in [0.2, 0.25) is 0 Å². The van der Waals surface area contributed by atoms with E-state index in [1.807, 2.05) is 0 Å². The molecule has 1 saturated carbocycles. The lowest BCUT2D eigenvalue weighted by atomic mass is 9.76. The van der Waals surface area contributed by atoms with Crippen LogP contribution in [0.1, 0.15) is 38.5 Å². The number of aliphatic hydroxyl groups excluding tert-OH is 3. The van der Waals surface area contributed by atoms with E-state index in [0.717, 1.165) is 12.8 Å². The third-order valence-electron chi connectivity index (χ3n) is 3.40. The summed E-state index contributed by atoms with van der Waals surface area (Å²) in [6.45, 7) is -0.0700. The molecule has 84 valence electrons. The van der Waals surface area contributed by atoms with Crippen molar-refractivity contribution < 1.29 is 15.3 Å². The fraction of sp³-hybridized carbons (Fsp3) is 1.00. The summed E-state index contributed by atoms with van der Waals surface area (Å²) in [5.74, 6) is 0.586. The molecule has 3 nitrogen and oxygen atoms in total. The maximum Gasteiger partial charge on any atom is 0.0802 e. The fourth-order valence-electron chi connectivity index (χ4n) is 2.59. The minimum Gasteiger partial charge on any atom is -0.396 e. The number of aliphatic hydroxyl groups is 3. The van der Waals surface area contributed by atoms with Gasteiger partial charge in [0.2, 0.25) is 0 Å². The first-order valence-electron chi connectivity index (χ1n) is 5.69. The van der Waals surface area contributed by atoms with E-state index >= 15 is 0 Å². The molecule has 0 aromatic carbocycles. The predicted octanol–water partition coefficient (Wildman–Crippen LogP) is 0.918. The van der Waals surface area contributed by atoms with Gasteiger partial charge in [-0.2, -0.15) is 0 Å². The van der Waals surface area contributed by atoms with Gasteiger partial charge in [0.25, 0.3) is 0 Å². The minimum atomic E-state index is -0.648. The van der Waals surface area contributed by atoms with Crippen LogP contribution in [0.5, 0.6) is 0 Å². The van der Waals surface area contributed by atoms with Gasteiger partial charge in [0.15, 0.2) is 0 Å². The zero-order valence-electron chi connectivity index (χ0n) is 8.73. The van der Waals surface area contributed by atoms with Gasteiger partial charge in [0.1, 0.15) is 0 Å². The third-order valence-corrected chi connectivity index (χ3v) is 3.40. The third kappa shape index (κ3) is 3.23. The fourth-order valence-corrected chi connectivity index (χ4v) is 2.59. The van der Waals surface area contributed by atoms with Crippen LogP contribution in [-0.2, 0) is 0 Å². The Kier molecular flexibility index (Phi) is 5.45. The summed E-state index contributed by atoms with van der Waals surface area (Å²) in [4.78, 5) is 0. The molecule has 1 fully saturated rings. The van der Waals surface area contributed by atoms with Crippen molar-refractivity contribution in [2.75, 3.05) is 13.2 Å². The lowest BCUT2D eigenvalue weighted by Gasteiger charge is -2.32. The molecular weight excluding hydrogens is 180 g/mol. The molecule has 0 aromatic heterocycles. The standard InChI is InChI=1S/C11H22O3/c12-7-6-10(11(14)8-13)9-4-2-1-3-5-9/h9-14H,1-8H2. The van der Waals surface area contributed by atoms with Crippen molar-refractivity contribution in [2.24, 2.45) is 11.8 Å². The lowest BCUT2D eigenvalue weighted by Crippen LogP contribution is -2.32. The molecule has 0 radical (unpaired) electrons. The molecule has 0 amide bonds. The zero-order chi connectivity index (χ0) is 10.4. The Bertz CT molecular complexity index is 143. The summed E-state index contributed by atoms with van der Waals surface area (Å²) in [7, 11) is 0. The van der Waals surface area contributed by atoms with Crippen molar-refractivity contribution >= 4 is 0 Å². The highest BCUT2D eigenvalue weighted by Crippen LogP contribution is 2.33.